The predicted octanol–water partition coefficient (Wildman–Crippen LogP) is 8.03. The summed E-state index contributed by atoms with van der Waals surface area (Å²) >= 11 is 6.00. The van der Waals surface area contributed by atoms with Gasteiger partial charge < -0.3 is 29.0 Å². The summed E-state index contributed by atoms with van der Waals surface area (Å²) in [6.07, 6.45) is -1.41. The molecule has 0 spiro atoms. The number of carboxylic acids is 1. The van der Waals surface area contributed by atoms with Gasteiger partial charge in [0, 0.05) is 48.2 Å². The summed E-state index contributed by atoms with van der Waals surface area (Å²) in [7, 11) is 0. The average Bonchev–Trinajstić information content (AvgIpc) is 2.98. The number of rotatable bonds is 13. The number of carbonyl (C=O) groups excluding carboxylic acids is 1. The maximum Gasteiger partial charge on any atom is 0.573 e. The lowest BCUT2D eigenvalue weighted by atomic mass is 10.1. The van der Waals surface area contributed by atoms with Gasteiger partial charge in [-0.1, -0.05) is 23.7 Å². The fourth-order valence-electron chi connectivity index (χ4n) is 4.65. The molecule has 1 unspecified atom stereocenters. The monoisotopic (exact) mass is 677 g/mol. The van der Waals surface area contributed by atoms with Crippen LogP contribution in [0.2, 0.25) is 5.02 Å². The number of fused-ring (bicyclic) bond motifs is 3. The van der Waals surface area contributed by atoms with Crippen molar-refractivity contribution in [3.05, 3.63) is 71.0 Å². The molecule has 10 nitrogen and oxygen atoms in total. The number of ether oxygens (including phenoxy) is 4. The molecular formula is C33H35ClF3N3O7. The highest BCUT2D eigenvalue weighted by Crippen LogP contribution is 2.32. The van der Waals surface area contributed by atoms with Gasteiger partial charge in [0.1, 0.15) is 17.5 Å². The number of nitrogens with zero attached hydrogens (tertiary/aromatic N) is 3. The fourth-order valence-corrected chi connectivity index (χ4v) is 4.89. The van der Waals surface area contributed by atoms with Crippen molar-refractivity contribution >= 4 is 45.3 Å². The van der Waals surface area contributed by atoms with Gasteiger partial charge in [-0.2, -0.15) is 0 Å². The van der Waals surface area contributed by atoms with Crippen molar-refractivity contribution in [3.63, 3.8) is 0 Å². The molecule has 0 aliphatic rings. The second-order valence-corrected chi connectivity index (χ2v) is 12.2. The molecule has 1 amide bonds. The Morgan fingerprint density at radius 2 is 1.79 bits per heavy atom. The van der Waals surface area contributed by atoms with Crippen LogP contribution in [0.4, 0.5) is 18.0 Å². The van der Waals surface area contributed by atoms with Gasteiger partial charge in [0.25, 0.3) is 0 Å². The van der Waals surface area contributed by atoms with Crippen LogP contribution in [-0.4, -0.2) is 69.9 Å². The van der Waals surface area contributed by atoms with Crippen LogP contribution >= 0.6 is 11.6 Å². The van der Waals surface area contributed by atoms with E-state index in [1.807, 2.05) is 6.92 Å². The Bertz CT molecular complexity index is 1730. The quantitative estimate of drug-likeness (QED) is 0.111. The number of pyridine rings is 2. The SMILES string of the molecule is CC(COCCCCN(Cc1ccc(OC(F)(F)F)c(Cl)c1)C(=O)OC(C)(C)C)Oc1nc2cc(C(=O)O)ccc2c2cnccc12. The third kappa shape index (κ3) is 10.3. The largest absolute Gasteiger partial charge is 0.573 e. The van der Waals surface area contributed by atoms with Gasteiger partial charge in [-0.05, 0) is 76.4 Å². The lowest BCUT2D eigenvalue weighted by Gasteiger charge is -2.27. The Morgan fingerprint density at radius 1 is 1.02 bits per heavy atom. The van der Waals surface area contributed by atoms with E-state index in [2.05, 4.69) is 14.7 Å². The van der Waals surface area contributed by atoms with Crippen LogP contribution in [0.25, 0.3) is 21.7 Å². The molecule has 14 heteroatoms. The van der Waals surface area contributed by atoms with Gasteiger partial charge in [-0.15, -0.1) is 13.2 Å². The van der Waals surface area contributed by atoms with E-state index in [1.165, 1.54) is 29.2 Å². The lowest BCUT2D eigenvalue weighted by Crippen LogP contribution is -2.37. The summed E-state index contributed by atoms with van der Waals surface area (Å²) in [5, 5.41) is 11.4. The second-order valence-electron chi connectivity index (χ2n) is 11.8. The molecule has 4 rings (SSSR count). The molecule has 252 valence electrons. The fraction of sp³-hybridized carbons (Fsp3) is 0.394. The third-order valence-electron chi connectivity index (χ3n) is 6.69. The molecule has 0 fully saturated rings. The van der Waals surface area contributed by atoms with Crippen LogP contribution < -0.4 is 9.47 Å². The van der Waals surface area contributed by atoms with E-state index in [0.717, 1.165) is 22.2 Å². The molecule has 0 aliphatic carbocycles. The van der Waals surface area contributed by atoms with Crippen molar-refractivity contribution in [2.45, 2.75) is 65.1 Å². The first kappa shape index (κ1) is 35.5. The van der Waals surface area contributed by atoms with E-state index in [0.29, 0.717) is 43.0 Å². The number of benzene rings is 2. The molecule has 2 aromatic carbocycles. The van der Waals surface area contributed by atoms with Crippen molar-refractivity contribution in [1.82, 2.24) is 14.9 Å². The molecule has 0 bridgehead atoms. The molecule has 4 aromatic rings. The first-order valence-corrected chi connectivity index (χ1v) is 15.1. The van der Waals surface area contributed by atoms with Crippen molar-refractivity contribution in [1.29, 1.82) is 0 Å². The van der Waals surface area contributed by atoms with Crippen LogP contribution in [-0.2, 0) is 16.0 Å². The Labute approximate surface area is 274 Å². The second kappa shape index (κ2) is 15.0. The van der Waals surface area contributed by atoms with E-state index in [9.17, 15) is 27.9 Å². The van der Waals surface area contributed by atoms with E-state index in [1.54, 1.807) is 45.3 Å². The Kier molecular flexibility index (Phi) is 11.4. The smallest absolute Gasteiger partial charge is 0.478 e. The summed E-state index contributed by atoms with van der Waals surface area (Å²) in [6, 6.07) is 10.3. The topological polar surface area (TPSA) is 120 Å². The molecule has 0 aliphatic heterocycles. The van der Waals surface area contributed by atoms with E-state index < -0.39 is 35.9 Å². The first-order chi connectivity index (χ1) is 22.1. The molecule has 2 aromatic heterocycles. The van der Waals surface area contributed by atoms with Crippen molar-refractivity contribution in [2.75, 3.05) is 19.8 Å². The predicted molar refractivity (Wildman–Crippen MR) is 169 cm³/mol. The van der Waals surface area contributed by atoms with Crippen molar-refractivity contribution < 1.29 is 46.8 Å². The Balaban J connectivity index is 1.32. The van der Waals surface area contributed by atoms with Gasteiger partial charge in [0.2, 0.25) is 5.88 Å². The highest BCUT2D eigenvalue weighted by Gasteiger charge is 2.32. The number of unbranched alkanes of at least 4 members (excludes halogenated alkanes) is 1. The normalized spacial score (nSPS) is 12.6. The van der Waals surface area contributed by atoms with E-state index >= 15 is 0 Å². The van der Waals surface area contributed by atoms with Gasteiger partial charge in [0.15, 0.2) is 0 Å². The summed E-state index contributed by atoms with van der Waals surface area (Å²) < 4.78 is 59.2. The Hall–Kier alpha value is -4.36. The lowest BCUT2D eigenvalue weighted by molar-refractivity contribution is -0.274. The number of aromatic carboxylic acids is 1. The summed E-state index contributed by atoms with van der Waals surface area (Å²) in [5.41, 5.74) is 0.327. The minimum Gasteiger partial charge on any atom is -0.478 e. The highest BCUT2D eigenvalue weighted by molar-refractivity contribution is 6.32. The number of hydrogen-bond acceptors (Lipinski definition) is 8. The molecule has 1 atom stereocenters. The third-order valence-corrected chi connectivity index (χ3v) is 6.98. The maximum absolute atomic E-state index is 12.9. The number of halogens is 4. The highest BCUT2D eigenvalue weighted by atomic mass is 35.5. The molecule has 0 saturated heterocycles. The zero-order valence-electron chi connectivity index (χ0n) is 26.3. The number of carbonyl (C=O) groups is 2. The number of aromatic nitrogens is 2. The van der Waals surface area contributed by atoms with Gasteiger partial charge in [-0.25, -0.2) is 14.6 Å². The summed E-state index contributed by atoms with van der Waals surface area (Å²) in [5.74, 6) is -1.26. The number of alkyl halides is 3. The molecule has 0 saturated carbocycles. The van der Waals surface area contributed by atoms with Gasteiger partial charge in [0.05, 0.1) is 22.7 Å². The Morgan fingerprint density at radius 3 is 2.47 bits per heavy atom. The average molecular weight is 678 g/mol. The molecule has 47 heavy (non-hydrogen) atoms. The number of hydrogen-bond donors (Lipinski definition) is 1. The van der Waals surface area contributed by atoms with Gasteiger partial charge >= 0.3 is 18.4 Å². The van der Waals surface area contributed by atoms with Crippen molar-refractivity contribution in [2.24, 2.45) is 0 Å². The van der Waals surface area contributed by atoms with Crippen LogP contribution in [0.5, 0.6) is 11.6 Å². The summed E-state index contributed by atoms with van der Waals surface area (Å²) in [4.78, 5) is 34.6. The molecule has 0 radical (unpaired) electrons. The first-order valence-electron chi connectivity index (χ1n) is 14.8. The van der Waals surface area contributed by atoms with Crippen molar-refractivity contribution in [3.8, 4) is 11.6 Å². The van der Waals surface area contributed by atoms with Crippen LogP contribution in [0, 0.1) is 0 Å². The minimum absolute atomic E-state index is 0.0584. The minimum atomic E-state index is -4.88. The molecule has 2 heterocycles. The maximum atomic E-state index is 12.9. The van der Waals surface area contributed by atoms with Crippen LogP contribution in [0.3, 0.4) is 0 Å². The zero-order valence-corrected chi connectivity index (χ0v) is 27.0. The zero-order chi connectivity index (χ0) is 34.4. The van der Waals surface area contributed by atoms with E-state index in [-0.39, 0.29) is 23.7 Å². The summed E-state index contributed by atoms with van der Waals surface area (Å²) in [6.45, 7) is 7.99. The molecule has 1 N–H and O–H groups in total. The van der Waals surface area contributed by atoms with Gasteiger partial charge in [-0.3, -0.25) is 4.98 Å². The number of carboxylic acid groups (broad SMARTS) is 1. The van der Waals surface area contributed by atoms with E-state index in [4.69, 9.17) is 25.8 Å². The van der Waals surface area contributed by atoms with Crippen LogP contribution in [0.15, 0.2) is 54.9 Å². The standard InChI is InChI=1S/C33H35ClF3N3O7/c1-20(45-29-24-11-12-38-17-25(24)23-9-8-22(30(41)42)16-27(23)39-29)19-44-14-6-5-13-40(31(43)47-32(2,3)4)18-21-7-10-28(26(34)15-21)46-33(35,36)37/h7-12,15-17,20H,5-6,13-14,18-19H2,1-4H3,(H,41,42). The van der Waals surface area contributed by atoms with Crippen LogP contribution in [0.1, 0.15) is 56.5 Å². The number of amides is 1. The molecular weight excluding hydrogens is 643 g/mol.